The van der Waals surface area contributed by atoms with Crippen LogP contribution in [0.5, 0.6) is 0 Å². The molecule has 7 heteroatoms. The van der Waals surface area contributed by atoms with E-state index in [1.807, 2.05) is 22.4 Å². The van der Waals surface area contributed by atoms with Gasteiger partial charge in [0.1, 0.15) is 5.69 Å². The van der Waals surface area contributed by atoms with Crippen molar-refractivity contribution in [3.05, 3.63) is 40.0 Å². The van der Waals surface area contributed by atoms with Gasteiger partial charge in [-0.2, -0.15) is 5.10 Å². The summed E-state index contributed by atoms with van der Waals surface area (Å²) in [5.74, 6) is 0.339. The van der Waals surface area contributed by atoms with E-state index in [4.69, 9.17) is 4.74 Å². The molecule has 0 spiro atoms. The van der Waals surface area contributed by atoms with Crippen molar-refractivity contribution < 1.29 is 9.53 Å². The SMILES string of the molecule is CO[C@H]1CCC[C@H](C(=O)N2CCC(n3nc(-c4cccs4)ccc3=O)CC2)C1. The maximum Gasteiger partial charge on any atom is 0.267 e. The van der Waals surface area contributed by atoms with Gasteiger partial charge in [-0.05, 0) is 49.6 Å². The molecule has 2 fully saturated rings. The van der Waals surface area contributed by atoms with Gasteiger partial charge < -0.3 is 9.64 Å². The Morgan fingerprint density at radius 3 is 2.71 bits per heavy atom. The topological polar surface area (TPSA) is 64.4 Å². The van der Waals surface area contributed by atoms with Crippen LogP contribution in [0.3, 0.4) is 0 Å². The minimum atomic E-state index is -0.0692. The first-order valence-electron chi connectivity index (χ1n) is 10.1. The lowest BCUT2D eigenvalue weighted by Crippen LogP contribution is -2.45. The van der Waals surface area contributed by atoms with Crippen LogP contribution >= 0.6 is 11.3 Å². The van der Waals surface area contributed by atoms with Gasteiger partial charge in [0.15, 0.2) is 0 Å². The molecular weight excluding hydrogens is 374 g/mol. The predicted molar refractivity (Wildman–Crippen MR) is 109 cm³/mol. The maximum atomic E-state index is 12.9. The molecule has 1 aliphatic heterocycles. The summed E-state index contributed by atoms with van der Waals surface area (Å²) in [6, 6.07) is 7.45. The third kappa shape index (κ3) is 4.05. The fraction of sp³-hybridized carbons (Fsp3) is 0.571. The lowest BCUT2D eigenvalue weighted by atomic mass is 9.85. The highest BCUT2D eigenvalue weighted by molar-refractivity contribution is 7.13. The van der Waals surface area contributed by atoms with E-state index in [9.17, 15) is 9.59 Å². The molecule has 0 aromatic carbocycles. The van der Waals surface area contributed by atoms with Crippen LogP contribution in [0.4, 0.5) is 0 Å². The van der Waals surface area contributed by atoms with Crippen LogP contribution in [0.25, 0.3) is 10.6 Å². The highest BCUT2D eigenvalue weighted by Crippen LogP contribution is 2.30. The van der Waals surface area contributed by atoms with Gasteiger partial charge in [0.05, 0.1) is 17.0 Å². The number of carbonyl (C=O) groups excluding carboxylic acids is 1. The number of aromatic nitrogens is 2. The highest BCUT2D eigenvalue weighted by atomic mass is 32.1. The summed E-state index contributed by atoms with van der Waals surface area (Å²) in [4.78, 5) is 28.3. The van der Waals surface area contributed by atoms with Gasteiger partial charge in [-0.1, -0.05) is 12.5 Å². The molecule has 1 saturated carbocycles. The molecule has 28 heavy (non-hydrogen) atoms. The Labute approximate surface area is 169 Å². The van der Waals surface area contributed by atoms with Gasteiger partial charge in [-0.15, -0.1) is 11.3 Å². The first kappa shape index (κ1) is 19.3. The minimum Gasteiger partial charge on any atom is -0.381 e. The van der Waals surface area contributed by atoms with Crippen LogP contribution in [0.15, 0.2) is 34.4 Å². The van der Waals surface area contributed by atoms with Gasteiger partial charge in [-0.25, -0.2) is 4.68 Å². The fourth-order valence-corrected chi connectivity index (χ4v) is 5.11. The number of thiophene rings is 1. The number of nitrogens with zero attached hydrogens (tertiary/aromatic N) is 3. The van der Waals surface area contributed by atoms with Crippen molar-refractivity contribution in [1.82, 2.24) is 14.7 Å². The molecule has 0 bridgehead atoms. The number of piperidine rings is 1. The molecule has 4 rings (SSSR count). The van der Waals surface area contributed by atoms with E-state index >= 15 is 0 Å². The van der Waals surface area contributed by atoms with Crippen LogP contribution in [0.1, 0.15) is 44.6 Å². The quantitative estimate of drug-likeness (QED) is 0.788. The second-order valence-corrected chi connectivity index (χ2v) is 8.70. The van der Waals surface area contributed by atoms with E-state index < -0.39 is 0 Å². The van der Waals surface area contributed by atoms with Crippen molar-refractivity contribution in [3.63, 3.8) is 0 Å². The van der Waals surface area contributed by atoms with Crippen molar-refractivity contribution in [2.45, 2.75) is 50.7 Å². The number of hydrogen-bond donors (Lipinski definition) is 0. The van der Waals surface area contributed by atoms with E-state index in [2.05, 4.69) is 5.10 Å². The Bertz CT molecular complexity index is 856. The number of rotatable bonds is 4. The molecular formula is C21H27N3O3S. The van der Waals surface area contributed by atoms with Crippen LogP contribution in [-0.4, -0.2) is 46.9 Å². The van der Waals surface area contributed by atoms with Crippen LogP contribution in [0.2, 0.25) is 0 Å². The predicted octanol–water partition coefficient (Wildman–Crippen LogP) is 3.34. The minimum absolute atomic E-state index is 0.0505. The fourth-order valence-electron chi connectivity index (χ4n) is 4.41. The van der Waals surface area contributed by atoms with E-state index in [-0.39, 0.29) is 29.5 Å². The third-order valence-corrected chi connectivity index (χ3v) is 6.92. The first-order chi connectivity index (χ1) is 13.7. The molecule has 2 aromatic heterocycles. The number of methoxy groups -OCH3 is 1. The molecule has 3 heterocycles. The van der Waals surface area contributed by atoms with Crippen LogP contribution < -0.4 is 5.56 Å². The summed E-state index contributed by atoms with van der Waals surface area (Å²) in [6.45, 7) is 1.38. The van der Waals surface area contributed by atoms with Gasteiger partial charge in [0.25, 0.3) is 5.56 Å². The van der Waals surface area contributed by atoms with E-state index in [1.165, 1.54) is 0 Å². The molecule has 2 atom stereocenters. The van der Waals surface area contributed by atoms with Crippen LogP contribution in [-0.2, 0) is 9.53 Å². The lowest BCUT2D eigenvalue weighted by Gasteiger charge is -2.36. The van der Waals surface area contributed by atoms with Crippen molar-refractivity contribution in [3.8, 4) is 10.6 Å². The van der Waals surface area contributed by atoms with Gasteiger partial charge in [0.2, 0.25) is 5.91 Å². The monoisotopic (exact) mass is 401 g/mol. The lowest BCUT2D eigenvalue weighted by molar-refractivity contribution is -0.139. The second-order valence-electron chi connectivity index (χ2n) is 7.76. The van der Waals surface area contributed by atoms with Gasteiger partial charge in [0, 0.05) is 32.2 Å². The largest absolute Gasteiger partial charge is 0.381 e. The highest BCUT2D eigenvalue weighted by Gasteiger charge is 2.33. The molecule has 2 aliphatic rings. The number of likely N-dealkylation sites (tertiary alicyclic amines) is 1. The zero-order valence-corrected chi connectivity index (χ0v) is 17.1. The van der Waals surface area contributed by atoms with Crippen molar-refractivity contribution in [2.75, 3.05) is 20.2 Å². The molecule has 0 N–H and O–H groups in total. The van der Waals surface area contributed by atoms with Gasteiger partial charge in [-0.3, -0.25) is 9.59 Å². The number of carbonyl (C=O) groups is 1. The third-order valence-electron chi connectivity index (χ3n) is 6.03. The zero-order chi connectivity index (χ0) is 19.5. The average Bonchev–Trinajstić information content (AvgIpc) is 3.29. The van der Waals surface area contributed by atoms with Gasteiger partial charge >= 0.3 is 0 Å². The standard InChI is InChI=1S/C21H27N3O3S/c1-27-17-5-2-4-15(14-17)21(26)23-11-9-16(10-12-23)24-20(25)8-7-18(22-24)19-6-3-13-28-19/h3,6-8,13,15-17H,2,4-5,9-12,14H2,1H3/t15-,17-/m0/s1. The molecule has 0 unspecified atom stereocenters. The molecule has 150 valence electrons. The Kier molecular flexibility index (Phi) is 5.92. The summed E-state index contributed by atoms with van der Waals surface area (Å²) in [5, 5.41) is 6.62. The smallest absolute Gasteiger partial charge is 0.267 e. The number of amides is 1. The molecule has 6 nitrogen and oxygen atoms in total. The zero-order valence-electron chi connectivity index (χ0n) is 16.3. The van der Waals surface area contributed by atoms with Crippen molar-refractivity contribution in [2.24, 2.45) is 5.92 Å². The van der Waals surface area contributed by atoms with E-state index in [1.54, 1.807) is 35.3 Å². The van der Waals surface area contributed by atoms with E-state index in [0.29, 0.717) is 13.1 Å². The van der Waals surface area contributed by atoms with Crippen LogP contribution in [0, 0.1) is 5.92 Å². The molecule has 0 radical (unpaired) electrons. The maximum absolute atomic E-state index is 12.9. The Morgan fingerprint density at radius 1 is 1.18 bits per heavy atom. The van der Waals surface area contributed by atoms with Crippen molar-refractivity contribution >= 4 is 17.2 Å². The normalized spacial score (nSPS) is 23.7. The first-order valence-corrected chi connectivity index (χ1v) is 11.0. The van der Waals surface area contributed by atoms with Crippen molar-refractivity contribution in [1.29, 1.82) is 0 Å². The summed E-state index contributed by atoms with van der Waals surface area (Å²) >= 11 is 1.62. The number of ether oxygens (including phenoxy) is 1. The molecule has 1 saturated heterocycles. The summed E-state index contributed by atoms with van der Waals surface area (Å²) in [7, 11) is 1.73. The molecule has 2 aromatic rings. The summed E-state index contributed by atoms with van der Waals surface area (Å²) in [5.41, 5.74) is 0.765. The van der Waals surface area contributed by atoms with E-state index in [0.717, 1.165) is 49.1 Å². The average molecular weight is 402 g/mol. The molecule has 1 amide bonds. The summed E-state index contributed by atoms with van der Waals surface area (Å²) < 4.78 is 7.10. The second kappa shape index (κ2) is 8.57. The Balaban J connectivity index is 1.41. The number of hydrogen-bond acceptors (Lipinski definition) is 5. The molecule has 1 aliphatic carbocycles. The Hall–Kier alpha value is -1.99. The summed E-state index contributed by atoms with van der Waals surface area (Å²) in [6.07, 6.45) is 5.65. The Morgan fingerprint density at radius 2 is 2.00 bits per heavy atom.